The van der Waals surface area contributed by atoms with Crippen LogP contribution in [0.4, 0.5) is 4.79 Å². The molecule has 1 aliphatic carbocycles. The maximum absolute atomic E-state index is 12.7. The SMILES string of the molecule is CC(C)CC[C@@H](C)NC(=O)CN1C(=O)NC2(CCCCCC2)C1=O. The largest absolute Gasteiger partial charge is 0.352 e. The first-order valence-corrected chi connectivity index (χ1v) is 9.27. The molecule has 0 aromatic carbocycles. The van der Waals surface area contributed by atoms with Crippen molar-refractivity contribution in [2.45, 2.75) is 83.7 Å². The van der Waals surface area contributed by atoms with Crippen molar-refractivity contribution >= 4 is 17.8 Å². The Hall–Kier alpha value is -1.59. The molecule has 2 rings (SSSR count). The van der Waals surface area contributed by atoms with Gasteiger partial charge in [0.2, 0.25) is 5.91 Å². The highest BCUT2D eigenvalue weighted by atomic mass is 16.2. The fraction of sp³-hybridized carbons (Fsp3) is 0.833. The minimum absolute atomic E-state index is 0.0486. The summed E-state index contributed by atoms with van der Waals surface area (Å²) in [6.45, 7) is 6.07. The normalized spacial score (nSPS) is 21.8. The van der Waals surface area contributed by atoms with Gasteiger partial charge in [-0.1, -0.05) is 39.5 Å². The number of nitrogens with zero attached hydrogens (tertiary/aromatic N) is 1. The molecule has 0 aromatic rings. The van der Waals surface area contributed by atoms with Gasteiger partial charge in [-0.2, -0.15) is 0 Å². The topological polar surface area (TPSA) is 78.5 Å². The van der Waals surface area contributed by atoms with Crippen molar-refractivity contribution < 1.29 is 14.4 Å². The number of hydrogen-bond acceptors (Lipinski definition) is 3. The lowest BCUT2D eigenvalue weighted by Crippen LogP contribution is -2.47. The molecule has 2 N–H and O–H groups in total. The average Bonchev–Trinajstić information content (AvgIpc) is 2.70. The molecule has 2 fully saturated rings. The number of amides is 4. The Morgan fingerprint density at radius 3 is 2.33 bits per heavy atom. The summed E-state index contributed by atoms with van der Waals surface area (Å²) in [5.74, 6) is 0.102. The molecular formula is C18H31N3O3. The molecule has 1 aliphatic heterocycles. The van der Waals surface area contributed by atoms with Crippen molar-refractivity contribution in [2.24, 2.45) is 5.92 Å². The molecule has 1 heterocycles. The zero-order valence-corrected chi connectivity index (χ0v) is 15.2. The van der Waals surface area contributed by atoms with Gasteiger partial charge in [0.15, 0.2) is 0 Å². The summed E-state index contributed by atoms with van der Waals surface area (Å²) in [5.41, 5.74) is -0.767. The lowest BCUT2D eigenvalue weighted by Gasteiger charge is -2.24. The van der Waals surface area contributed by atoms with Crippen molar-refractivity contribution in [3.8, 4) is 0 Å². The van der Waals surface area contributed by atoms with Crippen LogP contribution in [0.5, 0.6) is 0 Å². The Balaban J connectivity index is 1.91. The van der Waals surface area contributed by atoms with Gasteiger partial charge in [-0.05, 0) is 38.5 Å². The highest BCUT2D eigenvalue weighted by Crippen LogP contribution is 2.32. The standard InChI is InChI=1S/C18H31N3O3/c1-13(2)8-9-14(3)19-15(22)12-21-16(23)18(20-17(21)24)10-6-4-5-7-11-18/h13-14H,4-12H2,1-3H3,(H,19,22)(H,20,24)/t14-/m1/s1. The van der Waals surface area contributed by atoms with Crippen LogP contribution in [0.1, 0.15) is 72.1 Å². The van der Waals surface area contributed by atoms with Crippen LogP contribution in [-0.2, 0) is 9.59 Å². The molecule has 6 nitrogen and oxygen atoms in total. The zero-order valence-electron chi connectivity index (χ0n) is 15.2. The van der Waals surface area contributed by atoms with Gasteiger partial charge in [0.1, 0.15) is 12.1 Å². The maximum atomic E-state index is 12.7. The highest BCUT2D eigenvalue weighted by Gasteiger charge is 2.51. The van der Waals surface area contributed by atoms with E-state index in [-0.39, 0.29) is 24.4 Å². The number of carbonyl (C=O) groups is 3. The van der Waals surface area contributed by atoms with Gasteiger partial charge in [-0.15, -0.1) is 0 Å². The monoisotopic (exact) mass is 337 g/mol. The summed E-state index contributed by atoms with van der Waals surface area (Å²) in [7, 11) is 0. The summed E-state index contributed by atoms with van der Waals surface area (Å²) in [5, 5.41) is 5.76. The minimum Gasteiger partial charge on any atom is -0.352 e. The number of nitrogens with one attached hydrogen (secondary N) is 2. The maximum Gasteiger partial charge on any atom is 0.325 e. The van der Waals surface area contributed by atoms with Gasteiger partial charge in [0, 0.05) is 6.04 Å². The molecular weight excluding hydrogens is 306 g/mol. The molecule has 1 saturated heterocycles. The third-order valence-corrected chi connectivity index (χ3v) is 5.09. The Bertz CT molecular complexity index is 482. The molecule has 136 valence electrons. The van der Waals surface area contributed by atoms with E-state index >= 15 is 0 Å². The fourth-order valence-corrected chi connectivity index (χ4v) is 3.61. The first kappa shape index (κ1) is 18.7. The van der Waals surface area contributed by atoms with Crippen LogP contribution in [0, 0.1) is 5.92 Å². The first-order chi connectivity index (χ1) is 11.3. The van der Waals surface area contributed by atoms with Gasteiger partial charge in [0.05, 0.1) is 0 Å². The molecule has 0 bridgehead atoms. The van der Waals surface area contributed by atoms with Crippen molar-refractivity contribution in [3.63, 3.8) is 0 Å². The quantitative estimate of drug-likeness (QED) is 0.731. The summed E-state index contributed by atoms with van der Waals surface area (Å²) in [4.78, 5) is 38.3. The van der Waals surface area contributed by atoms with Crippen LogP contribution in [0.15, 0.2) is 0 Å². The van der Waals surface area contributed by atoms with E-state index in [1.807, 2.05) is 6.92 Å². The van der Waals surface area contributed by atoms with Gasteiger partial charge < -0.3 is 10.6 Å². The van der Waals surface area contributed by atoms with Crippen LogP contribution < -0.4 is 10.6 Å². The summed E-state index contributed by atoms with van der Waals surface area (Å²) < 4.78 is 0. The number of rotatable bonds is 6. The number of imide groups is 1. The molecule has 2 aliphatic rings. The zero-order chi connectivity index (χ0) is 17.7. The van der Waals surface area contributed by atoms with Crippen LogP contribution in [0.25, 0.3) is 0 Å². The van der Waals surface area contributed by atoms with Crippen molar-refractivity contribution in [1.82, 2.24) is 15.5 Å². The second-order valence-corrected chi connectivity index (χ2v) is 7.76. The lowest BCUT2D eigenvalue weighted by atomic mass is 9.90. The number of urea groups is 1. The van der Waals surface area contributed by atoms with Crippen molar-refractivity contribution in [3.05, 3.63) is 0 Å². The van der Waals surface area contributed by atoms with Crippen LogP contribution >= 0.6 is 0 Å². The van der Waals surface area contributed by atoms with Gasteiger partial charge in [-0.25, -0.2) is 4.79 Å². The van der Waals surface area contributed by atoms with E-state index < -0.39 is 11.6 Å². The molecule has 24 heavy (non-hydrogen) atoms. The smallest absolute Gasteiger partial charge is 0.325 e. The van der Waals surface area contributed by atoms with Crippen LogP contribution in [-0.4, -0.2) is 40.9 Å². The molecule has 0 aromatic heterocycles. The molecule has 1 atom stereocenters. The summed E-state index contributed by atoms with van der Waals surface area (Å²) in [6, 6.07) is -0.376. The van der Waals surface area contributed by atoms with Crippen LogP contribution in [0.3, 0.4) is 0 Å². The molecule has 4 amide bonds. The second kappa shape index (κ2) is 7.99. The number of carbonyl (C=O) groups excluding carboxylic acids is 3. The molecule has 1 saturated carbocycles. The predicted octanol–water partition coefficient (Wildman–Crippen LogP) is 2.57. The molecule has 6 heteroatoms. The Morgan fingerprint density at radius 1 is 1.12 bits per heavy atom. The third kappa shape index (κ3) is 4.48. The predicted molar refractivity (Wildman–Crippen MR) is 92.4 cm³/mol. The second-order valence-electron chi connectivity index (χ2n) is 7.76. The minimum atomic E-state index is -0.767. The number of hydrogen-bond donors (Lipinski definition) is 2. The summed E-state index contributed by atoms with van der Waals surface area (Å²) >= 11 is 0. The van der Waals surface area contributed by atoms with E-state index in [2.05, 4.69) is 24.5 Å². The van der Waals surface area contributed by atoms with E-state index in [0.29, 0.717) is 18.8 Å². The lowest BCUT2D eigenvalue weighted by molar-refractivity contribution is -0.135. The Labute approximate surface area is 144 Å². The van der Waals surface area contributed by atoms with E-state index in [1.54, 1.807) is 0 Å². The van der Waals surface area contributed by atoms with E-state index in [1.165, 1.54) is 0 Å². The molecule has 1 spiro atoms. The van der Waals surface area contributed by atoms with Gasteiger partial charge in [-0.3, -0.25) is 14.5 Å². The Kier molecular flexibility index (Phi) is 6.24. The van der Waals surface area contributed by atoms with Gasteiger partial charge in [0.25, 0.3) is 5.91 Å². The van der Waals surface area contributed by atoms with Crippen molar-refractivity contribution in [2.75, 3.05) is 6.54 Å². The van der Waals surface area contributed by atoms with E-state index in [9.17, 15) is 14.4 Å². The van der Waals surface area contributed by atoms with Gasteiger partial charge >= 0.3 is 6.03 Å². The van der Waals surface area contributed by atoms with E-state index in [4.69, 9.17) is 0 Å². The Morgan fingerprint density at radius 2 is 1.75 bits per heavy atom. The molecule has 0 unspecified atom stereocenters. The first-order valence-electron chi connectivity index (χ1n) is 9.27. The summed E-state index contributed by atoms with van der Waals surface area (Å²) in [6.07, 6.45) is 7.37. The molecule has 0 radical (unpaired) electrons. The van der Waals surface area contributed by atoms with E-state index in [0.717, 1.165) is 43.4 Å². The third-order valence-electron chi connectivity index (χ3n) is 5.09. The van der Waals surface area contributed by atoms with Crippen molar-refractivity contribution in [1.29, 1.82) is 0 Å². The van der Waals surface area contributed by atoms with Crippen LogP contribution in [0.2, 0.25) is 0 Å². The average molecular weight is 337 g/mol. The fourth-order valence-electron chi connectivity index (χ4n) is 3.61. The highest BCUT2D eigenvalue weighted by molar-refractivity contribution is 6.09.